The highest BCUT2D eigenvalue weighted by Crippen LogP contribution is 2.30. The number of primary amides is 1. The third-order valence-electron chi connectivity index (χ3n) is 3.53. The zero-order valence-electron chi connectivity index (χ0n) is 11.1. The summed E-state index contributed by atoms with van der Waals surface area (Å²) in [4.78, 5) is 23.1. The van der Waals surface area contributed by atoms with Gasteiger partial charge in [-0.25, -0.2) is 15.0 Å². The van der Waals surface area contributed by atoms with Crippen LogP contribution >= 0.6 is 0 Å². The van der Waals surface area contributed by atoms with E-state index in [9.17, 15) is 20.1 Å². The highest BCUT2D eigenvalue weighted by molar-refractivity contribution is 5.81. The van der Waals surface area contributed by atoms with Gasteiger partial charge in [-0.1, -0.05) is 0 Å². The summed E-state index contributed by atoms with van der Waals surface area (Å²) in [7, 11) is 0. The summed E-state index contributed by atoms with van der Waals surface area (Å²) in [6.07, 6.45) is -5.05. The lowest BCUT2D eigenvalue weighted by Gasteiger charge is -2.39. The molecule has 7 N–H and O–H groups in total. The Morgan fingerprint density at radius 2 is 1.91 bits per heavy atom. The number of fused-ring (bicyclic) bond motifs is 1. The molecule has 1 aliphatic rings. The van der Waals surface area contributed by atoms with Gasteiger partial charge in [0.25, 0.3) is 0 Å². The first-order valence-corrected chi connectivity index (χ1v) is 6.33. The number of carbonyl (C=O) groups is 1. The van der Waals surface area contributed by atoms with Crippen LogP contribution < -0.4 is 11.5 Å². The summed E-state index contributed by atoms with van der Waals surface area (Å²) < 4.78 is 6.60. The largest absolute Gasteiger partial charge is 0.387 e. The molecular formula is C11H14N6O5. The number of anilines is 1. The number of nitrogens with two attached hydrogens (primary N) is 2. The number of carbonyl (C=O) groups excluding carboxylic acids is 1. The normalized spacial score (nSPS) is 32.2. The average Bonchev–Trinajstić information content (AvgIpc) is 2.90. The first-order chi connectivity index (χ1) is 10.4. The Morgan fingerprint density at radius 1 is 1.18 bits per heavy atom. The Morgan fingerprint density at radius 3 is 2.59 bits per heavy atom. The van der Waals surface area contributed by atoms with Crippen LogP contribution in [0.3, 0.4) is 0 Å². The topological polar surface area (TPSA) is 183 Å². The second kappa shape index (κ2) is 5.14. The van der Waals surface area contributed by atoms with Gasteiger partial charge in [0.1, 0.15) is 30.2 Å². The molecule has 0 bridgehead atoms. The molecule has 0 saturated carbocycles. The van der Waals surface area contributed by atoms with Crippen LogP contribution in [0.5, 0.6) is 0 Å². The van der Waals surface area contributed by atoms with E-state index < -0.39 is 36.6 Å². The van der Waals surface area contributed by atoms with Crippen molar-refractivity contribution >= 4 is 22.9 Å². The minimum absolute atomic E-state index is 0.126. The lowest BCUT2D eigenvalue weighted by atomic mass is 9.97. The van der Waals surface area contributed by atoms with Gasteiger partial charge in [0.2, 0.25) is 5.91 Å². The van der Waals surface area contributed by atoms with Gasteiger partial charge in [-0.3, -0.25) is 9.36 Å². The molecule has 1 saturated heterocycles. The predicted molar refractivity (Wildman–Crippen MR) is 70.9 cm³/mol. The van der Waals surface area contributed by atoms with Gasteiger partial charge in [-0.15, -0.1) is 0 Å². The highest BCUT2D eigenvalue weighted by Gasteiger charge is 2.47. The molecule has 2 aromatic heterocycles. The zero-order valence-corrected chi connectivity index (χ0v) is 11.1. The molecule has 2 aromatic rings. The summed E-state index contributed by atoms with van der Waals surface area (Å²) >= 11 is 0. The quantitative estimate of drug-likeness (QED) is 0.383. The van der Waals surface area contributed by atoms with Crippen molar-refractivity contribution < 1.29 is 24.9 Å². The molecule has 1 aliphatic heterocycles. The predicted octanol–water partition coefficient (Wildman–Crippen LogP) is -3.13. The molecule has 3 rings (SSSR count). The van der Waals surface area contributed by atoms with Crippen molar-refractivity contribution in [2.75, 3.05) is 5.73 Å². The van der Waals surface area contributed by atoms with Crippen LogP contribution in [0.2, 0.25) is 0 Å². The summed E-state index contributed by atoms with van der Waals surface area (Å²) in [5.74, 6) is -0.844. The van der Waals surface area contributed by atoms with Crippen LogP contribution in [-0.2, 0) is 9.53 Å². The van der Waals surface area contributed by atoms with E-state index >= 15 is 0 Å². The number of aromatic nitrogens is 4. The molecule has 5 atom stereocenters. The van der Waals surface area contributed by atoms with Gasteiger partial charge >= 0.3 is 0 Å². The highest BCUT2D eigenvalue weighted by atomic mass is 16.6. The minimum atomic E-state index is -1.64. The maximum Gasteiger partial charge on any atom is 0.249 e. The van der Waals surface area contributed by atoms with Crippen molar-refractivity contribution in [3.05, 3.63) is 12.7 Å². The van der Waals surface area contributed by atoms with Gasteiger partial charge in [0, 0.05) is 0 Å². The van der Waals surface area contributed by atoms with Gasteiger partial charge in [0.15, 0.2) is 23.8 Å². The number of nitrogens with zero attached hydrogens (tertiary/aromatic N) is 4. The van der Waals surface area contributed by atoms with E-state index in [0.29, 0.717) is 0 Å². The van der Waals surface area contributed by atoms with E-state index in [2.05, 4.69) is 15.0 Å². The van der Waals surface area contributed by atoms with Crippen LogP contribution in [0.1, 0.15) is 6.23 Å². The Labute approximate surface area is 123 Å². The van der Waals surface area contributed by atoms with Gasteiger partial charge in [-0.2, -0.15) is 0 Å². The second-order valence-electron chi connectivity index (χ2n) is 4.90. The summed E-state index contributed by atoms with van der Waals surface area (Å²) in [5, 5.41) is 29.7. The van der Waals surface area contributed by atoms with Crippen LogP contribution in [0.25, 0.3) is 11.2 Å². The number of hydrogen-bond donors (Lipinski definition) is 5. The monoisotopic (exact) mass is 310 g/mol. The van der Waals surface area contributed by atoms with Crippen LogP contribution in [0, 0.1) is 0 Å². The van der Waals surface area contributed by atoms with Crippen molar-refractivity contribution in [2.45, 2.75) is 30.6 Å². The van der Waals surface area contributed by atoms with Crippen LogP contribution in [0.15, 0.2) is 12.7 Å². The Balaban J connectivity index is 2.05. The SMILES string of the molecule is NC(=O)[C@@H]1O[C@H](n2cnc3c(N)ncnc32)[C@H](O)[C@H](O)[C@@H]1O. The fourth-order valence-corrected chi connectivity index (χ4v) is 2.38. The van der Waals surface area contributed by atoms with E-state index in [0.717, 1.165) is 0 Å². The molecule has 22 heavy (non-hydrogen) atoms. The Hall–Kier alpha value is -2.34. The standard InChI is InChI=1S/C11H14N6O5/c12-8-3-10(15-1-14-8)17(2-16-3)11-6(20)4(18)5(19)7(22-11)9(13)21/h1-2,4-7,11,18-20H,(H2,13,21)(H2,12,14,15)/t4-,5+,6-,7-,11+/m1/s1. The molecular weight excluding hydrogens is 296 g/mol. The average molecular weight is 310 g/mol. The van der Waals surface area contributed by atoms with E-state index in [1.54, 1.807) is 0 Å². The molecule has 11 heteroatoms. The number of aliphatic hydroxyl groups is 3. The molecule has 3 heterocycles. The van der Waals surface area contributed by atoms with Crippen molar-refractivity contribution in [3.8, 4) is 0 Å². The van der Waals surface area contributed by atoms with E-state index in [1.165, 1.54) is 17.2 Å². The zero-order chi connectivity index (χ0) is 16.0. The van der Waals surface area contributed by atoms with E-state index in [1.807, 2.05) is 0 Å². The number of ether oxygens (including phenoxy) is 1. The van der Waals surface area contributed by atoms with Gasteiger partial charge in [0.05, 0.1) is 6.33 Å². The fourth-order valence-electron chi connectivity index (χ4n) is 2.38. The van der Waals surface area contributed by atoms with E-state index in [-0.39, 0.29) is 17.0 Å². The number of rotatable bonds is 2. The molecule has 1 amide bonds. The smallest absolute Gasteiger partial charge is 0.249 e. The third-order valence-corrected chi connectivity index (χ3v) is 3.53. The number of aliphatic hydroxyl groups excluding tert-OH is 3. The lowest BCUT2D eigenvalue weighted by Crippen LogP contribution is -2.59. The van der Waals surface area contributed by atoms with Crippen LogP contribution in [0.4, 0.5) is 5.82 Å². The van der Waals surface area contributed by atoms with Crippen LogP contribution in [-0.4, -0.2) is 65.2 Å². The molecule has 1 fully saturated rings. The molecule has 0 spiro atoms. The second-order valence-corrected chi connectivity index (χ2v) is 4.90. The number of imidazole rings is 1. The molecule has 0 aliphatic carbocycles. The summed E-state index contributed by atoms with van der Waals surface area (Å²) in [5.41, 5.74) is 11.3. The first-order valence-electron chi connectivity index (χ1n) is 6.33. The lowest BCUT2D eigenvalue weighted by molar-refractivity contribution is -0.239. The third kappa shape index (κ3) is 2.07. The molecule has 0 unspecified atom stereocenters. The van der Waals surface area contributed by atoms with Gasteiger partial charge in [-0.05, 0) is 0 Å². The molecule has 0 aromatic carbocycles. The van der Waals surface area contributed by atoms with Crippen molar-refractivity contribution in [3.63, 3.8) is 0 Å². The summed E-state index contributed by atoms with van der Waals surface area (Å²) in [6.45, 7) is 0. The van der Waals surface area contributed by atoms with E-state index in [4.69, 9.17) is 16.2 Å². The van der Waals surface area contributed by atoms with Crippen molar-refractivity contribution in [1.82, 2.24) is 19.5 Å². The first kappa shape index (κ1) is 14.6. The number of amides is 1. The van der Waals surface area contributed by atoms with Gasteiger partial charge < -0.3 is 31.5 Å². The van der Waals surface area contributed by atoms with Crippen molar-refractivity contribution in [1.29, 1.82) is 0 Å². The maximum absolute atomic E-state index is 11.3. The van der Waals surface area contributed by atoms with Crippen molar-refractivity contribution in [2.24, 2.45) is 5.73 Å². The maximum atomic E-state index is 11.3. The minimum Gasteiger partial charge on any atom is -0.387 e. The summed E-state index contributed by atoms with van der Waals surface area (Å²) in [6, 6.07) is 0. The molecule has 11 nitrogen and oxygen atoms in total. The fraction of sp³-hybridized carbons (Fsp3) is 0.455. The molecule has 0 radical (unpaired) electrons. The Bertz CT molecular complexity index is 720. The number of nitrogen functional groups attached to an aromatic ring is 1. The number of hydrogen-bond acceptors (Lipinski definition) is 9. The molecule has 118 valence electrons. The Kier molecular flexibility index (Phi) is 3.41.